The van der Waals surface area contributed by atoms with Crippen molar-refractivity contribution < 1.29 is 9.73 Å². The number of benzene rings is 3. The van der Waals surface area contributed by atoms with Crippen LogP contribution in [-0.2, 0) is 6.54 Å². The number of para-hydroxylation sites is 1. The first-order valence-corrected chi connectivity index (χ1v) is 10.0. The number of furan rings is 1. The van der Waals surface area contributed by atoms with Crippen LogP contribution in [0.1, 0.15) is 28.6 Å². The molecule has 0 saturated heterocycles. The Morgan fingerprint density at radius 1 is 0.933 bits per heavy atom. The van der Waals surface area contributed by atoms with Crippen LogP contribution in [0.4, 0.5) is 0 Å². The Bertz CT molecular complexity index is 1370. The number of aryl methyl sites for hydroxylation is 1. The average Bonchev–Trinajstić information content (AvgIpc) is 3.15. The number of aromatic nitrogens is 2. The van der Waals surface area contributed by atoms with Gasteiger partial charge in [-0.15, -0.1) is 0 Å². The van der Waals surface area contributed by atoms with Gasteiger partial charge in [0.1, 0.15) is 23.7 Å². The summed E-state index contributed by atoms with van der Waals surface area (Å²) >= 11 is 0. The molecular formula is C25H22N3O2+. The minimum atomic E-state index is -0.244. The van der Waals surface area contributed by atoms with Gasteiger partial charge in [0, 0.05) is 16.5 Å². The Labute approximate surface area is 173 Å². The number of nitrogens with two attached hydrogens (primary N) is 1. The topological polar surface area (TPSA) is 75.5 Å². The summed E-state index contributed by atoms with van der Waals surface area (Å²) in [5, 5.41) is 3.06. The Balaban J connectivity index is 1.50. The van der Waals surface area contributed by atoms with Crippen LogP contribution in [-0.4, -0.2) is 9.97 Å². The molecule has 0 spiro atoms. The second kappa shape index (κ2) is 7.61. The lowest BCUT2D eigenvalue weighted by Crippen LogP contribution is -2.84. The van der Waals surface area contributed by atoms with E-state index in [9.17, 15) is 4.79 Å². The summed E-state index contributed by atoms with van der Waals surface area (Å²) in [5.74, 6) is 0.632. The molecule has 0 aliphatic heterocycles. The third-order valence-electron chi connectivity index (χ3n) is 5.42. The van der Waals surface area contributed by atoms with Crippen LogP contribution in [0.25, 0.3) is 22.1 Å². The largest absolute Gasteiger partial charge is 0.449 e. The maximum Gasteiger partial charge on any atom is 0.294 e. The second-order valence-corrected chi connectivity index (χ2v) is 7.53. The van der Waals surface area contributed by atoms with Gasteiger partial charge in [-0.05, 0) is 19.1 Å². The molecule has 2 aromatic heterocycles. The van der Waals surface area contributed by atoms with Crippen LogP contribution in [0.5, 0.6) is 0 Å². The summed E-state index contributed by atoms with van der Waals surface area (Å²) in [5.41, 5.74) is 4.97. The first-order valence-electron chi connectivity index (χ1n) is 10.0. The highest BCUT2D eigenvalue weighted by atomic mass is 16.3. The molecule has 1 atom stereocenters. The molecule has 0 unspecified atom stereocenters. The van der Waals surface area contributed by atoms with Gasteiger partial charge in [0.15, 0.2) is 5.82 Å². The van der Waals surface area contributed by atoms with E-state index in [0.29, 0.717) is 23.5 Å². The van der Waals surface area contributed by atoms with Gasteiger partial charge in [-0.1, -0.05) is 72.3 Å². The van der Waals surface area contributed by atoms with Gasteiger partial charge in [0.05, 0.1) is 0 Å². The van der Waals surface area contributed by atoms with E-state index in [4.69, 9.17) is 9.40 Å². The maximum absolute atomic E-state index is 12.6. The van der Waals surface area contributed by atoms with Gasteiger partial charge >= 0.3 is 0 Å². The Kier molecular flexibility index (Phi) is 4.65. The fourth-order valence-corrected chi connectivity index (χ4v) is 3.87. The van der Waals surface area contributed by atoms with Crippen molar-refractivity contribution in [3.8, 4) is 0 Å². The van der Waals surface area contributed by atoms with Crippen LogP contribution in [0.2, 0.25) is 0 Å². The summed E-state index contributed by atoms with van der Waals surface area (Å²) in [6.45, 7) is 2.63. The Morgan fingerprint density at radius 3 is 2.43 bits per heavy atom. The number of rotatable bonds is 5. The van der Waals surface area contributed by atoms with Crippen LogP contribution in [0, 0.1) is 6.92 Å². The number of quaternary nitrogens is 1. The van der Waals surface area contributed by atoms with Crippen molar-refractivity contribution in [3.05, 3.63) is 112 Å². The summed E-state index contributed by atoms with van der Waals surface area (Å²) in [6, 6.07) is 26.7. The molecule has 5 rings (SSSR count). The van der Waals surface area contributed by atoms with Gasteiger partial charge in [-0.2, -0.15) is 0 Å². The highest BCUT2D eigenvalue weighted by molar-refractivity contribution is 6.01. The normalized spacial score (nSPS) is 12.4. The number of hydrogen-bond donors (Lipinski definition) is 2. The standard InChI is InChI=1S/C25H21N3O2/c1-16-11-13-18(14-12-16)22(17-7-3-2-4-8-17)26-15-21-27-23-19-9-5-6-10-20(19)30-24(23)25(29)28-21/h2-14,22,26H,15H2,1H3,(H,27,28,29)/p+1/t22-/m0/s1. The first kappa shape index (κ1) is 18.3. The zero-order valence-electron chi connectivity index (χ0n) is 16.6. The van der Waals surface area contributed by atoms with E-state index in [0.717, 1.165) is 5.39 Å². The zero-order chi connectivity index (χ0) is 20.5. The molecule has 3 aromatic carbocycles. The fraction of sp³-hybridized carbons (Fsp3) is 0.120. The first-order chi connectivity index (χ1) is 14.7. The zero-order valence-corrected chi connectivity index (χ0v) is 16.6. The summed E-state index contributed by atoms with van der Waals surface area (Å²) < 4.78 is 5.70. The molecule has 30 heavy (non-hydrogen) atoms. The highest BCUT2D eigenvalue weighted by Crippen LogP contribution is 2.24. The van der Waals surface area contributed by atoms with E-state index >= 15 is 0 Å². The smallest absolute Gasteiger partial charge is 0.294 e. The quantitative estimate of drug-likeness (QED) is 0.474. The van der Waals surface area contributed by atoms with Crippen molar-refractivity contribution in [1.82, 2.24) is 9.97 Å². The maximum atomic E-state index is 12.6. The van der Waals surface area contributed by atoms with Crippen molar-refractivity contribution in [2.24, 2.45) is 0 Å². The predicted molar refractivity (Wildman–Crippen MR) is 117 cm³/mol. The molecule has 2 heterocycles. The van der Waals surface area contributed by atoms with Gasteiger partial charge in [-0.3, -0.25) is 4.79 Å². The summed E-state index contributed by atoms with van der Waals surface area (Å²) in [4.78, 5) is 20.2. The molecule has 0 fully saturated rings. The minimum Gasteiger partial charge on any atom is -0.449 e. The Morgan fingerprint density at radius 2 is 1.63 bits per heavy atom. The Hall–Kier alpha value is -3.70. The summed E-state index contributed by atoms with van der Waals surface area (Å²) in [6.07, 6.45) is 0. The monoisotopic (exact) mass is 396 g/mol. The predicted octanol–water partition coefficient (Wildman–Crippen LogP) is 3.83. The van der Waals surface area contributed by atoms with E-state index in [1.54, 1.807) is 0 Å². The van der Waals surface area contributed by atoms with Crippen molar-refractivity contribution in [2.45, 2.75) is 19.5 Å². The van der Waals surface area contributed by atoms with Crippen molar-refractivity contribution in [1.29, 1.82) is 0 Å². The summed E-state index contributed by atoms with van der Waals surface area (Å²) in [7, 11) is 0. The number of hydrogen-bond acceptors (Lipinski definition) is 3. The minimum absolute atomic E-state index is 0.105. The molecule has 5 heteroatoms. The lowest BCUT2D eigenvalue weighted by atomic mass is 9.98. The lowest BCUT2D eigenvalue weighted by molar-refractivity contribution is -0.703. The van der Waals surface area contributed by atoms with E-state index in [1.807, 2.05) is 42.5 Å². The molecule has 0 aliphatic carbocycles. The lowest BCUT2D eigenvalue weighted by Gasteiger charge is -2.16. The third kappa shape index (κ3) is 3.40. The number of H-pyrrole nitrogens is 1. The molecule has 5 nitrogen and oxygen atoms in total. The van der Waals surface area contributed by atoms with E-state index < -0.39 is 0 Å². The second-order valence-electron chi connectivity index (χ2n) is 7.53. The highest BCUT2D eigenvalue weighted by Gasteiger charge is 2.19. The van der Waals surface area contributed by atoms with Gasteiger partial charge in [0.2, 0.25) is 5.58 Å². The van der Waals surface area contributed by atoms with Gasteiger partial charge in [-0.25, -0.2) is 4.98 Å². The molecule has 0 amide bonds. The number of nitrogens with zero attached hydrogens (tertiary/aromatic N) is 1. The van der Waals surface area contributed by atoms with Gasteiger partial charge < -0.3 is 14.7 Å². The van der Waals surface area contributed by atoms with Crippen LogP contribution >= 0.6 is 0 Å². The molecular weight excluding hydrogens is 374 g/mol. The molecule has 0 aliphatic rings. The molecule has 0 saturated carbocycles. The SMILES string of the molecule is Cc1ccc([C@@H]([NH2+]Cc2nc3c(oc4ccccc43)c(=O)[nH]2)c2ccccc2)cc1. The van der Waals surface area contributed by atoms with Crippen molar-refractivity contribution in [2.75, 3.05) is 0 Å². The molecule has 148 valence electrons. The van der Waals surface area contributed by atoms with Crippen LogP contribution in [0.15, 0.2) is 88.1 Å². The number of fused-ring (bicyclic) bond motifs is 3. The molecule has 3 N–H and O–H groups in total. The van der Waals surface area contributed by atoms with Crippen LogP contribution in [0.3, 0.4) is 0 Å². The number of nitrogens with one attached hydrogen (secondary N) is 1. The third-order valence-corrected chi connectivity index (χ3v) is 5.42. The average molecular weight is 396 g/mol. The molecule has 5 aromatic rings. The van der Waals surface area contributed by atoms with E-state index in [2.05, 4.69) is 53.6 Å². The van der Waals surface area contributed by atoms with E-state index in [1.165, 1.54) is 16.7 Å². The number of aromatic amines is 1. The van der Waals surface area contributed by atoms with Gasteiger partial charge in [0.25, 0.3) is 5.56 Å². The van der Waals surface area contributed by atoms with Crippen molar-refractivity contribution in [3.63, 3.8) is 0 Å². The molecule has 0 bridgehead atoms. The van der Waals surface area contributed by atoms with Crippen molar-refractivity contribution >= 4 is 22.1 Å². The van der Waals surface area contributed by atoms with Crippen LogP contribution < -0.4 is 10.9 Å². The fourth-order valence-electron chi connectivity index (χ4n) is 3.87. The van der Waals surface area contributed by atoms with E-state index in [-0.39, 0.29) is 17.2 Å². The molecule has 0 radical (unpaired) electrons.